The molecule has 2 N–H and O–H groups in total. The van der Waals surface area contributed by atoms with Gasteiger partial charge in [-0.1, -0.05) is 0 Å². The molecule has 0 aliphatic rings. The van der Waals surface area contributed by atoms with Crippen LogP contribution in [0.15, 0.2) is 28.0 Å². The second-order valence-corrected chi connectivity index (χ2v) is 5.87. The molecule has 17 heavy (non-hydrogen) atoms. The SMILES string of the molecule is CC[N]c1ccc(S(=O)(=O)O)cc1S(=O)(=O)O. The fourth-order valence-electron chi connectivity index (χ4n) is 1.16. The molecule has 1 aromatic rings. The van der Waals surface area contributed by atoms with Gasteiger partial charge >= 0.3 is 0 Å². The quantitative estimate of drug-likeness (QED) is 0.771. The van der Waals surface area contributed by atoms with Gasteiger partial charge in [-0.2, -0.15) is 16.8 Å². The van der Waals surface area contributed by atoms with Gasteiger partial charge in [0.25, 0.3) is 20.2 Å². The van der Waals surface area contributed by atoms with E-state index in [9.17, 15) is 16.8 Å². The zero-order chi connectivity index (χ0) is 13.3. The first-order valence-electron chi connectivity index (χ1n) is 4.43. The Morgan fingerprint density at radius 1 is 1.12 bits per heavy atom. The summed E-state index contributed by atoms with van der Waals surface area (Å²) in [6.45, 7) is 1.90. The van der Waals surface area contributed by atoms with Crippen LogP contribution in [0.2, 0.25) is 0 Å². The third-order valence-corrected chi connectivity index (χ3v) is 3.57. The Bertz CT molecular complexity index is 619. The predicted molar refractivity (Wildman–Crippen MR) is 58.4 cm³/mol. The number of benzene rings is 1. The summed E-state index contributed by atoms with van der Waals surface area (Å²) in [4.78, 5) is -1.28. The van der Waals surface area contributed by atoms with Crippen LogP contribution in [0.4, 0.5) is 5.69 Å². The molecule has 0 saturated carbocycles. The van der Waals surface area contributed by atoms with Crippen molar-refractivity contribution in [1.29, 1.82) is 0 Å². The lowest BCUT2D eigenvalue weighted by Gasteiger charge is -2.07. The lowest BCUT2D eigenvalue weighted by Crippen LogP contribution is -2.07. The van der Waals surface area contributed by atoms with E-state index in [1.807, 2.05) is 0 Å². The van der Waals surface area contributed by atoms with Crippen LogP contribution in [0.5, 0.6) is 0 Å². The van der Waals surface area contributed by atoms with Gasteiger partial charge in [0.15, 0.2) is 0 Å². The van der Waals surface area contributed by atoms with E-state index in [4.69, 9.17) is 9.11 Å². The highest BCUT2D eigenvalue weighted by atomic mass is 32.2. The van der Waals surface area contributed by atoms with Crippen molar-refractivity contribution >= 4 is 25.9 Å². The maximum absolute atomic E-state index is 11.0. The van der Waals surface area contributed by atoms with Gasteiger partial charge in [0, 0.05) is 6.54 Å². The lowest BCUT2D eigenvalue weighted by atomic mass is 10.3. The van der Waals surface area contributed by atoms with Crippen molar-refractivity contribution in [3.05, 3.63) is 18.2 Å². The molecule has 95 valence electrons. The molecular weight excluding hydrogens is 270 g/mol. The second kappa shape index (κ2) is 4.61. The van der Waals surface area contributed by atoms with Crippen LogP contribution in [0, 0.1) is 0 Å². The molecule has 0 spiro atoms. The molecule has 0 heterocycles. The first-order chi connectivity index (χ1) is 7.66. The summed E-state index contributed by atoms with van der Waals surface area (Å²) < 4.78 is 61.4. The molecule has 1 aromatic carbocycles. The van der Waals surface area contributed by atoms with Crippen LogP contribution >= 0.6 is 0 Å². The molecule has 7 nitrogen and oxygen atoms in total. The highest BCUT2D eigenvalue weighted by Gasteiger charge is 2.20. The first-order valence-corrected chi connectivity index (χ1v) is 7.31. The van der Waals surface area contributed by atoms with Crippen LogP contribution in [0.1, 0.15) is 6.92 Å². The minimum absolute atomic E-state index is 0.0672. The van der Waals surface area contributed by atoms with E-state index in [1.54, 1.807) is 6.92 Å². The summed E-state index contributed by atoms with van der Waals surface area (Å²) in [6, 6.07) is 2.74. The fraction of sp³-hybridized carbons (Fsp3) is 0.250. The van der Waals surface area contributed by atoms with Gasteiger partial charge in [-0.3, -0.25) is 14.4 Å². The van der Waals surface area contributed by atoms with Gasteiger partial charge in [-0.25, -0.2) is 0 Å². The Morgan fingerprint density at radius 2 is 1.71 bits per heavy atom. The van der Waals surface area contributed by atoms with Crippen molar-refractivity contribution in [2.45, 2.75) is 16.7 Å². The van der Waals surface area contributed by atoms with E-state index in [0.29, 0.717) is 6.07 Å². The molecule has 0 amide bonds. The Hall–Kier alpha value is -1.16. The summed E-state index contributed by atoms with van der Waals surface area (Å²) in [7, 11) is -9.14. The number of rotatable bonds is 4. The normalized spacial score (nSPS) is 12.4. The van der Waals surface area contributed by atoms with E-state index in [-0.39, 0.29) is 12.2 Å². The molecule has 0 aliphatic carbocycles. The number of hydrogen-bond donors (Lipinski definition) is 2. The second-order valence-electron chi connectivity index (χ2n) is 3.05. The minimum Gasteiger partial charge on any atom is -0.284 e. The van der Waals surface area contributed by atoms with E-state index in [0.717, 1.165) is 12.1 Å². The van der Waals surface area contributed by atoms with Gasteiger partial charge in [-0.05, 0) is 25.1 Å². The highest BCUT2D eigenvalue weighted by Crippen LogP contribution is 2.24. The summed E-state index contributed by atoms with van der Waals surface area (Å²) in [5, 5.41) is 3.78. The first kappa shape index (κ1) is 13.9. The topological polar surface area (TPSA) is 123 Å². The van der Waals surface area contributed by atoms with Crippen molar-refractivity contribution in [2.24, 2.45) is 0 Å². The van der Waals surface area contributed by atoms with E-state index < -0.39 is 30.0 Å². The molecule has 0 bridgehead atoms. The van der Waals surface area contributed by atoms with Gasteiger partial charge < -0.3 is 0 Å². The molecule has 0 aromatic heterocycles. The van der Waals surface area contributed by atoms with E-state index in [1.165, 1.54) is 0 Å². The average Bonchev–Trinajstić information content (AvgIpc) is 2.15. The smallest absolute Gasteiger partial charge is 0.284 e. The molecule has 0 atom stereocenters. The Balaban J connectivity index is 3.51. The van der Waals surface area contributed by atoms with Crippen LogP contribution in [-0.2, 0) is 20.2 Å². The van der Waals surface area contributed by atoms with Gasteiger partial charge in [0.2, 0.25) is 0 Å². The van der Waals surface area contributed by atoms with Gasteiger partial charge in [0.05, 0.1) is 10.6 Å². The highest BCUT2D eigenvalue weighted by molar-refractivity contribution is 7.86. The van der Waals surface area contributed by atoms with Crippen LogP contribution < -0.4 is 5.32 Å². The lowest BCUT2D eigenvalue weighted by molar-refractivity contribution is 0.481. The molecule has 0 fully saturated rings. The Kier molecular flexibility index (Phi) is 3.77. The van der Waals surface area contributed by atoms with Crippen LogP contribution in [0.25, 0.3) is 0 Å². The van der Waals surface area contributed by atoms with Crippen molar-refractivity contribution in [1.82, 2.24) is 5.32 Å². The molecule has 0 aliphatic heterocycles. The number of hydrogen-bond acceptors (Lipinski definition) is 4. The van der Waals surface area contributed by atoms with Crippen molar-refractivity contribution in [2.75, 3.05) is 6.54 Å². The molecule has 1 rings (SSSR count). The molecular formula is C8H10NO6S2. The largest absolute Gasteiger partial charge is 0.296 e. The molecule has 0 saturated heterocycles. The van der Waals surface area contributed by atoms with Crippen molar-refractivity contribution in [3.63, 3.8) is 0 Å². The maximum Gasteiger partial charge on any atom is 0.296 e. The molecule has 1 radical (unpaired) electrons. The van der Waals surface area contributed by atoms with E-state index >= 15 is 0 Å². The fourth-order valence-corrected chi connectivity index (χ4v) is 2.42. The zero-order valence-electron chi connectivity index (χ0n) is 8.73. The third kappa shape index (κ3) is 3.40. The average molecular weight is 280 g/mol. The molecule has 0 unspecified atom stereocenters. The van der Waals surface area contributed by atoms with Crippen LogP contribution in [0.3, 0.4) is 0 Å². The van der Waals surface area contributed by atoms with Crippen molar-refractivity contribution < 1.29 is 25.9 Å². The van der Waals surface area contributed by atoms with Crippen molar-refractivity contribution in [3.8, 4) is 0 Å². The summed E-state index contributed by atoms with van der Waals surface area (Å²) >= 11 is 0. The predicted octanol–water partition coefficient (Wildman–Crippen LogP) is 0.436. The maximum atomic E-state index is 11.0. The zero-order valence-corrected chi connectivity index (χ0v) is 10.4. The molecule has 9 heteroatoms. The monoisotopic (exact) mass is 280 g/mol. The Morgan fingerprint density at radius 3 is 2.12 bits per heavy atom. The van der Waals surface area contributed by atoms with Crippen LogP contribution in [-0.4, -0.2) is 32.5 Å². The van der Waals surface area contributed by atoms with Gasteiger partial charge in [0.1, 0.15) is 4.90 Å². The number of nitrogens with zero attached hydrogens (tertiary/aromatic N) is 1. The minimum atomic E-state index is -4.61. The summed E-state index contributed by atoms with van der Waals surface area (Å²) in [5.41, 5.74) is -0.0672. The summed E-state index contributed by atoms with van der Waals surface area (Å²) in [6.07, 6.45) is 0. The van der Waals surface area contributed by atoms with Gasteiger partial charge in [-0.15, -0.1) is 0 Å². The van der Waals surface area contributed by atoms with E-state index in [2.05, 4.69) is 5.32 Å². The standard InChI is InChI=1S/C8H10NO6S2/c1-2-9-7-4-3-6(16(10,11)12)5-8(7)17(13,14)15/h3-5H,2H2,1H3,(H,10,11,12)(H,13,14,15). The Labute approximate surface area is 99.0 Å². The summed E-state index contributed by atoms with van der Waals surface area (Å²) in [5.74, 6) is 0. The third-order valence-electron chi connectivity index (χ3n) is 1.84.